The Kier molecular flexibility index (Phi) is 8.53. The number of rotatable bonds is 9. The van der Waals surface area contributed by atoms with Gasteiger partial charge in [-0.2, -0.15) is 4.98 Å². The molecule has 1 saturated heterocycles. The average Bonchev–Trinajstić information content (AvgIpc) is 3.37. The van der Waals surface area contributed by atoms with Crippen molar-refractivity contribution < 1.29 is 19.2 Å². The summed E-state index contributed by atoms with van der Waals surface area (Å²) in [5.41, 5.74) is 0.725. The molecule has 2 heterocycles. The van der Waals surface area contributed by atoms with Gasteiger partial charge in [-0.05, 0) is 50.4 Å². The highest BCUT2D eigenvalue weighted by atomic mass is 35.5. The van der Waals surface area contributed by atoms with Gasteiger partial charge in [0.2, 0.25) is 17.6 Å². The SMILES string of the molecule is COc1cc(-c2noc(CCCCCNC(=O)C3CCCN3)n2)ccc1O.Cl. The molecule has 3 rings (SSSR count). The number of unbranched alkanes of at least 4 members (excludes halogenated alkanes) is 2. The number of carbonyl (C=O) groups is 1. The van der Waals surface area contributed by atoms with E-state index in [9.17, 15) is 9.90 Å². The molecule has 1 unspecified atom stereocenters. The van der Waals surface area contributed by atoms with Gasteiger partial charge in [0.05, 0.1) is 13.2 Å². The molecule has 0 radical (unpaired) electrons. The van der Waals surface area contributed by atoms with Gasteiger partial charge in [-0.1, -0.05) is 11.6 Å². The van der Waals surface area contributed by atoms with Gasteiger partial charge in [0.1, 0.15) is 0 Å². The van der Waals surface area contributed by atoms with Gasteiger partial charge in [-0.15, -0.1) is 12.4 Å². The zero-order valence-electron chi connectivity index (χ0n) is 15.9. The third-order valence-corrected chi connectivity index (χ3v) is 4.65. The maximum absolute atomic E-state index is 11.9. The third-order valence-electron chi connectivity index (χ3n) is 4.65. The molecule has 2 aromatic rings. The van der Waals surface area contributed by atoms with E-state index in [0.717, 1.165) is 44.2 Å². The van der Waals surface area contributed by atoms with Crippen molar-refractivity contribution in [1.82, 2.24) is 20.8 Å². The Morgan fingerprint density at radius 3 is 3.00 bits per heavy atom. The predicted molar refractivity (Wildman–Crippen MR) is 107 cm³/mol. The predicted octanol–water partition coefficient (Wildman–Crippen LogP) is 2.45. The second-order valence-electron chi connectivity index (χ2n) is 6.65. The van der Waals surface area contributed by atoms with Crippen LogP contribution < -0.4 is 15.4 Å². The average molecular weight is 411 g/mol. The van der Waals surface area contributed by atoms with Gasteiger partial charge < -0.3 is 25.0 Å². The number of phenolic OH excluding ortho intramolecular Hbond substituents is 1. The lowest BCUT2D eigenvalue weighted by atomic mass is 10.1. The summed E-state index contributed by atoms with van der Waals surface area (Å²) in [7, 11) is 1.49. The van der Waals surface area contributed by atoms with E-state index in [1.54, 1.807) is 18.2 Å². The number of hydrogen-bond donors (Lipinski definition) is 3. The molecule has 3 N–H and O–H groups in total. The zero-order chi connectivity index (χ0) is 19.1. The smallest absolute Gasteiger partial charge is 0.237 e. The van der Waals surface area contributed by atoms with Crippen LogP contribution in [0.4, 0.5) is 0 Å². The maximum atomic E-state index is 11.9. The van der Waals surface area contributed by atoms with Gasteiger partial charge in [0.15, 0.2) is 11.5 Å². The Hall–Kier alpha value is -2.32. The Labute approximate surface area is 170 Å². The number of aromatic hydroxyl groups is 1. The number of amides is 1. The second kappa shape index (κ2) is 10.9. The lowest BCUT2D eigenvalue weighted by molar-refractivity contribution is -0.122. The zero-order valence-corrected chi connectivity index (χ0v) is 16.8. The van der Waals surface area contributed by atoms with Crippen LogP contribution in [0.25, 0.3) is 11.4 Å². The van der Waals surface area contributed by atoms with Crippen LogP contribution in [0.1, 0.15) is 38.0 Å². The number of benzene rings is 1. The van der Waals surface area contributed by atoms with Crippen molar-refractivity contribution in [1.29, 1.82) is 0 Å². The number of aromatic nitrogens is 2. The summed E-state index contributed by atoms with van der Waals surface area (Å²) < 4.78 is 10.4. The van der Waals surface area contributed by atoms with E-state index in [1.807, 2.05) is 0 Å². The molecule has 9 heteroatoms. The minimum Gasteiger partial charge on any atom is -0.504 e. The second-order valence-corrected chi connectivity index (χ2v) is 6.65. The first-order valence-corrected chi connectivity index (χ1v) is 9.38. The summed E-state index contributed by atoms with van der Waals surface area (Å²) in [6.45, 7) is 1.63. The van der Waals surface area contributed by atoms with E-state index in [4.69, 9.17) is 9.26 Å². The molecule has 0 bridgehead atoms. The van der Waals surface area contributed by atoms with Crippen LogP contribution in [-0.2, 0) is 11.2 Å². The van der Waals surface area contributed by atoms with Crippen LogP contribution in [0.2, 0.25) is 0 Å². The molecule has 8 nitrogen and oxygen atoms in total. The van der Waals surface area contributed by atoms with E-state index in [1.165, 1.54) is 7.11 Å². The number of ether oxygens (including phenoxy) is 1. The van der Waals surface area contributed by atoms with Crippen LogP contribution in [0.15, 0.2) is 22.7 Å². The first-order chi connectivity index (χ1) is 13.2. The number of aryl methyl sites for hydroxylation is 1. The molecule has 1 aliphatic heterocycles. The van der Waals surface area contributed by atoms with Crippen LogP contribution in [0.5, 0.6) is 11.5 Å². The number of methoxy groups -OCH3 is 1. The third kappa shape index (κ3) is 5.84. The summed E-state index contributed by atoms with van der Waals surface area (Å²) in [5, 5.41) is 19.8. The fourth-order valence-electron chi connectivity index (χ4n) is 3.11. The summed E-state index contributed by atoms with van der Waals surface area (Å²) in [6, 6.07) is 4.92. The Bertz CT molecular complexity index is 762. The summed E-state index contributed by atoms with van der Waals surface area (Å²) in [4.78, 5) is 16.3. The first-order valence-electron chi connectivity index (χ1n) is 9.38. The molecule has 0 aliphatic carbocycles. The normalized spacial score (nSPS) is 15.8. The van der Waals surface area contributed by atoms with Crippen molar-refractivity contribution in [3.05, 3.63) is 24.1 Å². The molecule has 0 spiro atoms. The molecular formula is C19H27ClN4O4. The number of nitrogens with zero attached hydrogens (tertiary/aromatic N) is 2. The quantitative estimate of drug-likeness (QED) is 0.544. The maximum Gasteiger partial charge on any atom is 0.237 e. The summed E-state index contributed by atoms with van der Waals surface area (Å²) >= 11 is 0. The minimum absolute atomic E-state index is 0. The van der Waals surface area contributed by atoms with Crippen molar-refractivity contribution in [2.45, 2.75) is 44.6 Å². The van der Waals surface area contributed by atoms with Gasteiger partial charge in [-0.25, -0.2) is 0 Å². The summed E-state index contributed by atoms with van der Waals surface area (Å²) in [6.07, 6.45) is 5.51. The van der Waals surface area contributed by atoms with Gasteiger partial charge in [0.25, 0.3) is 0 Å². The Morgan fingerprint density at radius 2 is 2.25 bits per heavy atom. The van der Waals surface area contributed by atoms with E-state index in [2.05, 4.69) is 20.8 Å². The lowest BCUT2D eigenvalue weighted by Gasteiger charge is -2.10. The Balaban J connectivity index is 0.00000280. The van der Waals surface area contributed by atoms with Crippen molar-refractivity contribution in [2.75, 3.05) is 20.2 Å². The number of carbonyl (C=O) groups excluding carboxylic acids is 1. The summed E-state index contributed by atoms with van der Waals surface area (Å²) in [5.74, 6) is 1.60. The number of nitrogens with one attached hydrogen (secondary N) is 2. The first kappa shape index (κ1) is 22.0. The van der Waals surface area contributed by atoms with Gasteiger partial charge in [-0.3, -0.25) is 4.79 Å². The lowest BCUT2D eigenvalue weighted by Crippen LogP contribution is -2.40. The molecule has 1 amide bonds. The van der Waals surface area contributed by atoms with Crippen LogP contribution >= 0.6 is 12.4 Å². The molecule has 154 valence electrons. The van der Waals surface area contributed by atoms with Gasteiger partial charge in [0, 0.05) is 18.5 Å². The minimum atomic E-state index is -0.0136. The van der Waals surface area contributed by atoms with Crippen molar-refractivity contribution in [3.63, 3.8) is 0 Å². The molecular weight excluding hydrogens is 384 g/mol. The topological polar surface area (TPSA) is 110 Å². The molecule has 1 aromatic heterocycles. The molecule has 28 heavy (non-hydrogen) atoms. The number of halogens is 1. The van der Waals surface area contributed by atoms with E-state index < -0.39 is 0 Å². The monoisotopic (exact) mass is 410 g/mol. The fourth-order valence-corrected chi connectivity index (χ4v) is 3.11. The van der Waals surface area contributed by atoms with Crippen LogP contribution in [0.3, 0.4) is 0 Å². The van der Waals surface area contributed by atoms with Crippen molar-refractivity contribution in [3.8, 4) is 22.9 Å². The highest BCUT2D eigenvalue weighted by Gasteiger charge is 2.21. The van der Waals surface area contributed by atoms with Crippen molar-refractivity contribution >= 4 is 18.3 Å². The number of hydrogen-bond acceptors (Lipinski definition) is 7. The standard InChI is InChI=1S/C19H26N4O4.ClH/c1-26-16-12-13(8-9-15(16)24)18-22-17(27-23-18)7-3-2-4-10-21-19(25)14-6-5-11-20-14;/h8-9,12,14,20,24H,2-7,10-11H2,1H3,(H,21,25);1H. The molecule has 1 atom stereocenters. The van der Waals surface area contributed by atoms with E-state index in [-0.39, 0.29) is 30.1 Å². The van der Waals surface area contributed by atoms with E-state index >= 15 is 0 Å². The fraction of sp³-hybridized carbons (Fsp3) is 0.526. The van der Waals surface area contributed by atoms with E-state index in [0.29, 0.717) is 30.4 Å². The van der Waals surface area contributed by atoms with Crippen LogP contribution in [0, 0.1) is 0 Å². The van der Waals surface area contributed by atoms with Crippen LogP contribution in [-0.4, -0.2) is 47.4 Å². The molecule has 1 fully saturated rings. The molecule has 1 aromatic carbocycles. The van der Waals surface area contributed by atoms with Gasteiger partial charge >= 0.3 is 0 Å². The highest BCUT2D eigenvalue weighted by Crippen LogP contribution is 2.30. The Morgan fingerprint density at radius 1 is 1.39 bits per heavy atom. The number of phenols is 1. The molecule has 1 aliphatic rings. The highest BCUT2D eigenvalue weighted by molar-refractivity contribution is 5.85. The molecule has 0 saturated carbocycles. The largest absolute Gasteiger partial charge is 0.504 e. The van der Waals surface area contributed by atoms with Crippen molar-refractivity contribution in [2.24, 2.45) is 0 Å².